The molecule has 0 bridgehead atoms. The molecule has 1 aromatic heterocycles. The molecule has 86 valence electrons. The lowest BCUT2D eigenvalue weighted by Crippen LogP contribution is -2.14. The van der Waals surface area contributed by atoms with Crippen LogP contribution in [0.1, 0.15) is 10.5 Å². The highest BCUT2D eigenvalue weighted by molar-refractivity contribution is 6.04. The molecule has 0 saturated heterocycles. The van der Waals surface area contributed by atoms with Gasteiger partial charge in [0.25, 0.3) is 5.91 Å². The van der Waals surface area contributed by atoms with Crippen LogP contribution in [0.25, 0.3) is 0 Å². The first-order valence-electron chi connectivity index (χ1n) is 4.94. The van der Waals surface area contributed by atoms with E-state index in [4.69, 9.17) is 5.73 Å². The van der Waals surface area contributed by atoms with E-state index < -0.39 is 11.7 Å². The smallest absolute Gasteiger partial charge is 0.274 e. The van der Waals surface area contributed by atoms with Gasteiger partial charge in [-0.25, -0.2) is 4.39 Å². The zero-order chi connectivity index (χ0) is 12.3. The number of aromatic nitrogens is 1. The number of amides is 1. The van der Waals surface area contributed by atoms with E-state index in [0.717, 1.165) is 6.07 Å². The summed E-state index contributed by atoms with van der Waals surface area (Å²) in [6.45, 7) is 0. The van der Waals surface area contributed by atoms with Crippen LogP contribution in [0, 0.1) is 5.82 Å². The van der Waals surface area contributed by atoms with Gasteiger partial charge in [-0.1, -0.05) is 6.07 Å². The van der Waals surface area contributed by atoms with Gasteiger partial charge < -0.3 is 11.1 Å². The van der Waals surface area contributed by atoms with Gasteiger partial charge >= 0.3 is 0 Å². The van der Waals surface area contributed by atoms with Crippen molar-refractivity contribution in [2.24, 2.45) is 0 Å². The number of hydrogen-bond acceptors (Lipinski definition) is 3. The fourth-order valence-electron chi connectivity index (χ4n) is 1.32. The SMILES string of the molecule is Nc1ccc(F)cc1NC(=O)c1ccccn1. The molecule has 0 radical (unpaired) electrons. The van der Waals surface area contributed by atoms with E-state index in [-0.39, 0.29) is 11.4 Å². The van der Waals surface area contributed by atoms with Gasteiger partial charge in [-0.2, -0.15) is 0 Å². The standard InChI is InChI=1S/C12H10FN3O/c13-8-4-5-9(14)11(7-8)16-12(17)10-3-1-2-6-15-10/h1-7H,14H2,(H,16,17). The Morgan fingerprint density at radius 2 is 2.12 bits per heavy atom. The number of nitrogens with zero attached hydrogens (tertiary/aromatic N) is 1. The molecule has 2 rings (SSSR count). The number of anilines is 2. The van der Waals surface area contributed by atoms with E-state index in [1.54, 1.807) is 18.2 Å². The van der Waals surface area contributed by atoms with Gasteiger partial charge in [0.2, 0.25) is 0 Å². The number of nitrogens with two attached hydrogens (primary N) is 1. The molecule has 0 aliphatic heterocycles. The van der Waals surface area contributed by atoms with Crippen LogP contribution in [-0.2, 0) is 0 Å². The maximum absolute atomic E-state index is 13.0. The van der Waals surface area contributed by atoms with Crippen LogP contribution in [-0.4, -0.2) is 10.9 Å². The second-order valence-corrected chi connectivity index (χ2v) is 3.40. The topological polar surface area (TPSA) is 68.0 Å². The second kappa shape index (κ2) is 4.61. The molecule has 1 amide bonds. The van der Waals surface area contributed by atoms with Crippen molar-refractivity contribution < 1.29 is 9.18 Å². The molecule has 1 heterocycles. The first kappa shape index (κ1) is 11.1. The third kappa shape index (κ3) is 2.57. The van der Waals surface area contributed by atoms with Crippen LogP contribution in [0.5, 0.6) is 0 Å². The van der Waals surface area contributed by atoms with E-state index in [1.165, 1.54) is 18.3 Å². The molecule has 0 spiro atoms. The summed E-state index contributed by atoms with van der Waals surface area (Å²) in [5, 5.41) is 2.50. The minimum absolute atomic E-state index is 0.237. The summed E-state index contributed by atoms with van der Waals surface area (Å²) in [7, 11) is 0. The van der Waals surface area contributed by atoms with Crippen molar-refractivity contribution in [1.82, 2.24) is 4.98 Å². The molecule has 0 saturated carbocycles. The molecular formula is C12H10FN3O. The van der Waals surface area contributed by atoms with Crippen molar-refractivity contribution in [3.05, 3.63) is 54.1 Å². The normalized spacial score (nSPS) is 9.94. The fourth-order valence-corrected chi connectivity index (χ4v) is 1.32. The van der Waals surface area contributed by atoms with Crippen LogP contribution >= 0.6 is 0 Å². The van der Waals surface area contributed by atoms with E-state index in [2.05, 4.69) is 10.3 Å². The maximum Gasteiger partial charge on any atom is 0.274 e. The van der Waals surface area contributed by atoms with E-state index >= 15 is 0 Å². The van der Waals surface area contributed by atoms with E-state index in [0.29, 0.717) is 5.69 Å². The molecule has 0 fully saturated rings. The average molecular weight is 231 g/mol. The Hall–Kier alpha value is -2.43. The second-order valence-electron chi connectivity index (χ2n) is 3.40. The number of carbonyl (C=O) groups excluding carboxylic acids is 1. The molecule has 4 nitrogen and oxygen atoms in total. The number of hydrogen-bond donors (Lipinski definition) is 2. The summed E-state index contributed by atoms with van der Waals surface area (Å²) in [6.07, 6.45) is 1.50. The predicted molar refractivity (Wildman–Crippen MR) is 63.0 cm³/mol. The minimum Gasteiger partial charge on any atom is -0.397 e. The van der Waals surface area contributed by atoms with Gasteiger partial charge in [-0.3, -0.25) is 9.78 Å². The lowest BCUT2D eigenvalue weighted by molar-refractivity contribution is 0.102. The third-order valence-corrected chi connectivity index (χ3v) is 2.16. The monoisotopic (exact) mass is 231 g/mol. The molecule has 0 atom stereocenters. The summed E-state index contributed by atoms with van der Waals surface area (Å²) in [4.78, 5) is 15.6. The Bertz CT molecular complexity index is 543. The Kier molecular flexibility index (Phi) is 3.00. The van der Waals surface area contributed by atoms with Crippen molar-refractivity contribution in [2.45, 2.75) is 0 Å². The summed E-state index contributed by atoms with van der Waals surface area (Å²) in [5.41, 5.74) is 6.40. The summed E-state index contributed by atoms with van der Waals surface area (Å²) < 4.78 is 13.0. The zero-order valence-corrected chi connectivity index (χ0v) is 8.85. The largest absolute Gasteiger partial charge is 0.397 e. The maximum atomic E-state index is 13.0. The number of pyridine rings is 1. The number of benzene rings is 1. The van der Waals surface area contributed by atoms with Gasteiger partial charge in [0, 0.05) is 6.20 Å². The molecule has 3 N–H and O–H groups in total. The lowest BCUT2D eigenvalue weighted by Gasteiger charge is -2.07. The lowest BCUT2D eigenvalue weighted by atomic mass is 10.2. The number of carbonyl (C=O) groups is 1. The summed E-state index contributed by atoms with van der Waals surface area (Å²) in [6, 6.07) is 8.74. The van der Waals surface area contributed by atoms with Crippen LogP contribution in [0.2, 0.25) is 0 Å². The Labute approximate surface area is 97.3 Å². The Morgan fingerprint density at radius 1 is 1.29 bits per heavy atom. The summed E-state index contributed by atoms with van der Waals surface area (Å²) in [5.74, 6) is -0.890. The molecule has 0 aliphatic carbocycles. The van der Waals surface area contributed by atoms with Gasteiger partial charge in [-0.15, -0.1) is 0 Å². The third-order valence-electron chi connectivity index (χ3n) is 2.16. The Balaban J connectivity index is 2.22. The number of nitrogen functional groups attached to an aromatic ring is 1. The first-order chi connectivity index (χ1) is 8.16. The Morgan fingerprint density at radius 3 is 2.82 bits per heavy atom. The molecular weight excluding hydrogens is 221 g/mol. The van der Waals surface area contributed by atoms with Crippen molar-refractivity contribution in [1.29, 1.82) is 0 Å². The molecule has 0 aliphatic rings. The zero-order valence-electron chi connectivity index (χ0n) is 8.85. The highest BCUT2D eigenvalue weighted by Gasteiger charge is 2.09. The number of nitrogens with one attached hydrogen (secondary N) is 1. The molecule has 0 unspecified atom stereocenters. The van der Waals surface area contributed by atoms with Crippen molar-refractivity contribution in [2.75, 3.05) is 11.1 Å². The molecule has 17 heavy (non-hydrogen) atoms. The van der Waals surface area contributed by atoms with Crippen molar-refractivity contribution in [3.63, 3.8) is 0 Å². The number of rotatable bonds is 2. The predicted octanol–water partition coefficient (Wildman–Crippen LogP) is 2.06. The highest BCUT2D eigenvalue weighted by atomic mass is 19.1. The first-order valence-corrected chi connectivity index (χ1v) is 4.94. The fraction of sp³-hybridized carbons (Fsp3) is 0. The van der Waals surface area contributed by atoms with Gasteiger partial charge in [0.05, 0.1) is 11.4 Å². The average Bonchev–Trinajstić information content (AvgIpc) is 2.35. The molecule has 5 heteroatoms. The van der Waals surface area contributed by atoms with Crippen molar-refractivity contribution in [3.8, 4) is 0 Å². The van der Waals surface area contributed by atoms with Gasteiger partial charge in [-0.05, 0) is 30.3 Å². The van der Waals surface area contributed by atoms with Gasteiger partial charge in [0.15, 0.2) is 0 Å². The quantitative estimate of drug-likeness (QED) is 0.777. The van der Waals surface area contributed by atoms with Crippen LogP contribution in [0.3, 0.4) is 0 Å². The number of halogens is 1. The van der Waals surface area contributed by atoms with Crippen molar-refractivity contribution >= 4 is 17.3 Å². The van der Waals surface area contributed by atoms with E-state index in [1.807, 2.05) is 0 Å². The molecule has 1 aromatic carbocycles. The minimum atomic E-state index is -0.462. The summed E-state index contributed by atoms with van der Waals surface area (Å²) >= 11 is 0. The highest BCUT2D eigenvalue weighted by Crippen LogP contribution is 2.19. The van der Waals surface area contributed by atoms with Crippen LogP contribution in [0.15, 0.2) is 42.6 Å². The molecule has 2 aromatic rings. The van der Waals surface area contributed by atoms with Crippen LogP contribution in [0.4, 0.5) is 15.8 Å². The van der Waals surface area contributed by atoms with Gasteiger partial charge in [0.1, 0.15) is 11.5 Å². The van der Waals surface area contributed by atoms with Crippen LogP contribution < -0.4 is 11.1 Å². The van der Waals surface area contributed by atoms with E-state index in [9.17, 15) is 9.18 Å².